The zero-order valence-corrected chi connectivity index (χ0v) is 9.51. The highest BCUT2D eigenvalue weighted by molar-refractivity contribution is 8.00. The van der Waals surface area contributed by atoms with Gasteiger partial charge in [-0.1, -0.05) is 0 Å². The van der Waals surface area contributed by atoms with E-state index in [1.807, 2.05) is 0 Å². The molecule has 0 aliphatic rings. The van der Waals surface area contributed by atoms with Crippen molar-refractivity contribution in [1.29, 1.82) is 10.5 Å². The van der Waals surface area contributed by atoms with Crippen LogP contribution >= 0.6 is 11.8 Å². The van der Waals surface area contributed by atoms with E-state index in [2.05, 4.69) is 10.5 Å². The van der Waals surface area contributed by atoms with Crippen molar-refractivity contribution in [2.75, 3.05) is 5.43 Å². The van der Waals surface area contributed by atoms with Crippen LogP contribution in [0.5, 0.6) is 0 Å². The van der Waals surface area contributed by atoms with E-state index in [1.54, 1.807) is 0 Å². The Labute approximate surface area is 105 Å². The summed E-state index contributed by atoms with van der Waals surface area (Å²) in [6, 6.07) is 8.32. The normalized spacial score (nSPS) is 10.1. The van der Waals surface area contributed by atoms with Crippen molar-refractivity contribution in [2.24, 2.45) is 5.10 Å². The molecule has 0 unspecified atom stereocenters. The van der Waals surface area contributed by atoms with Crippen molar-refractivity contribution in [3.8, 4) is 12.1 Å². The molecule has 1 aromatic rings. The molecule has 0 aromatic heterocycles. The molecule has 0 bridgehead atoms. The maximum atomic E-state index is 12.0. The third-order valence-electron chi connectivity index (χ3n) is 1.60. The SMILES string of the molecule is N#CC(C#N)=NNc1ccc(SC(F)(F)F)cc1. The first-order valence-corrected chi connectivity index (χ1v) is 5.26. The Balaban J connectivity index is 2.71. The Kier molecular flexibility index (Phi) is 4.58. The second kappa shape index (κ2) is 5.94. The van der Waals surface area contributed by atoms with E-state index in [1.165, 1.54) is 36.4 Å². The molecule has 0 amide bonds. The van der Waals surface area contributed by atoms with E-state index in [0.29, 0.717) is 5.69 Å². The first kappa shape index (κ1) is 13.9. The van der Waals surface area contributed by atoms with Crippen LogP contribution in [-0.2, 0) is 0 Å². The number of halogens is 3. The fraction of sp³-hybridized carbons (Fsp3) is 0.100. The average Bonchev–Trinajstić information content (AvgIpc) is 2.30. The summed E-state index contributed by atoms with van der Waals surface area (Å²) in [4.78, 5) is 0.0396. The highest BCUT2D eigenvalue weighted by atomic mass is 32.2. The summed E-state index contributed by atoms with van der Waals surface area (Å²) >= 11 is -0.225. The molecule has 18 heavy (non-hydrogen) atoms. The summed E-state index contributed by atoms with van der Waals surface area (Å²) in [6.07, 6.45) is 0. The number of nitrogens with one attached hydrogen (secondary N) is 1. The van der Waals surface area contributed by atoms with Crippen LogP contribution in [0.2, 0.25) is 0 Å². The first-order chi connectivity index (χ1) is 8.44. The maximum Gasteiger partial charge on any atom is 0.446 e. The first-order valence-electron chi connectivity index (χ1n) is 4.44. The molecule has 0 aliphatic heterocycles. The van der Waals surface area contributed by atoms with Crippen LogP contribution in [0.15, 0.2) is 34.3 Å². The number of hydrazone groups is 1. The van der Waals surface area contributed by atoms with Gasteiger partial charge in [-0.25, -0.2) is 0 Å². The Morgan fingerprint density at radius 2 is 1.72 bits per heavy atom. The van der Waals surface area contributed by atoms with Gasteiger partial charge in [0.15, 0.2) is 0 Å². The van der Waals surface area contributed by atoms with Crippen LogP contribution < -0.4 is 5.43 Å². The standard InChI is InChI=1S/C10H5F3N4S/c11-10(12,13)18-9-3-1-7(2-4-9)16-17-8(5-14)6-15/h1-4,16H. The van der Waals surface area contributed by atoms with E-state index in [-0.39, 0.29) is 22.4 Å². The largest absolute Gasteiger partial charge is 0.446 e. The highest BCUT2D eigenvalue weighted by Crippen LogP contribution is 2.36. The van der Waals surface area contributed by atoms with Crippen molar-refractivity contribution in [3.63, 3.8) is 0 Å². The molecule has 8 heteroatoms. The summed E-state index contributed by atoms with van der Waals surface area (Å²) in [7, 11) is 0. The quantitative estimate of drug-likeness (QED) is 0.520. The number of hydrogen-bond acceptors (Lipinski definition) is 5. The zero-order valence-electron chi connectivity index (χ0n) is 8.69. The smallest absolute Gasteiger partial charge is 0.277 e. The van der Waals surface area contributed by atoms with Crippen molar-refractivity contribution in [3.05, 3.63) is 24.3 Å². The summed E-state index contributed by atoms with van der Waals surface area (Å²) in [5, 5.41) is 20.3. The van der Waals surface area contributed by atoms with E-state index < -0.39 is 5.51 Å². The predicted molar refractivity (Wildman–Crippen MR) is 60.6 cm³/mol. The summed E-state index contributed by atoms with van der Waals surface area (Å²) < 4.78 is 36.1. The van der Waals surface area contributed by atoms with Gasteiger partial charge in [-0.2, -0.15) is 28.8 Å². The van der Waals surface area contributed by atoms with Gasteiger partial charge < -0.3 is 0 Å². The van der Waals surface area contributed by atoms with Crippen LogP contribution in [-0.4, -0.2) is 11.2 Å². The van der Waals surface area contributed by atoms with Crippen LogP contribution in [0.25, 0.3) is 0 Å². The van der Waals surface area contributed by atoms with E-state index >= 15 is 0 Å². The number of thioether (sulfide) groups is 1. The van der Waals surface area contributed by atoms with Crippen molar-refractivity contribution in [2.45, 2.75) is 10.4 Å². The van der Waals surface area contributed by atoms with Gasteiger partial charge >= 0.3 is 5.51 Å². The van der Waals surface area contributed by atoms with Crippen LogP contribution in [0.1, 0.15) is 0 Å². The molecule has 1 N–H and O–H groups in total. The number of nitrogens with zero attached hydrogens (tertiary/aromatic N) is 3. The van der Waals surface area contributed by atoms with Crippen LogP contribution in [0, 0.1) is 22.7 Å². The van der Waals surface area contributed by atoms with Gasteiger partial charge in [-0.3, -0.25) is 5.43 Å². The topological polar surface area (TPSA) is 72.0 Å². The predicted octanol–water partition coefficient (Wildman–Crippen LogP) is 3.11. The molecule has 1 rings (SSSR count). The minimum absolute atomic E-state index is 0.0396. The van der Waals surface area contributed by atoms with Gasteiger partial charge in [-0.05, 0) is 36.0 Å². The number of anilines is 1. The number of benzene rings is 1. The molecule has 0 aliphatic carbocycles. The van der Waals surface area contributed by atoms with E-state index in [0.717, 1.165) is 0 Å². The second-order valence-electron chi connectivity index (χ2n) is 2.87. The molecule has 4 nitrogen and oxygen atoms in total. The summed E-state index contributed by atoms with van der Waals surface area (Å²) in [5.74, 6) is 0. The number of nitriles is 2. The van der Waals surface area contributed by atoms with Crippen LogP contribution in [0.3, 0.4) is 0 Å². The minimum atomic E-state index is -4.33. The molecular weight excluding hydrogens is 265 g/mol. The van der Waals surface area contributed by atoms with E-state index in [4.69, 9.17) is 10.5 Å². The third kappa shape index (κ3) is 4.76. The lowest BCUT2D eigenvalue weighted by molar-refractivity contribution is -0.0328. The van der Waals surface area contributed by atoms with Gasteiger partial charge in [0.05, 0.1) is 5.69 Å². The lowest BCUT2D eigenvalue weighted by Gasteiger charge is -2.06. The van der Waals surface area contributed by atoms with Gasteiger partial charge in [0.2, 0.25) is 5.71 Å². The molecule has 0 atom stereocenters. The third-order valence-corrected chi connectivity index (χ3v) is 2.34. The van der Waals surface area contributed by atoms with E-state index in [9.17, 15) is 13.2 Å². The molecular formula is C10H5F3N4S. The maximum absolute atomic E-state index is 12.0. The van der Waals surface area contributed by atoms with Gasteiger partial charge in [0.1, 0.15) is 12.1 Å². The number of hydrogen-bond donors (Lipinski definition) is 1. The Morgan fingerprint density at radius 3 is 2.17 bits per heavy atom. The summed E-state index contributed by atoms with van der Waals surface area (Å²) in [5.41, 5.74) is -1.93. The molecule has 0 saturated heterocycles. The van der Waals surface area contributed by atoms with Crippen LogP contribution in [0.4, 0.5) is 18.9 Å². The monoisotopic (exact) mass is 270 g/mol. The molecule has 1 aromatic carbocycles. The zero-order chi connectivity index (χ0) is 13.6. The molecule has 0 spiro atoms. The number of alkyl halides is 3. The molecule has 0 fully saturated rings. The average molecular weight is 270 g/mol. The highest BCUT2D eigenvalue weighted by Gasteiger charge is 2.28. The lowest BCUT2D eigenvalue weighted by atomic mass is 10.3. The Morgan fingerprint density at radius 1 is 1.17 bits per heavy atom. The molecule has 0 saturated carbocycles. The molecule has 92 valence electrons. The Bertz CT molecular complexity index is 506. The lowest BCUT2D eigenvalue weighted by Crippen LogP contribution is -1.99. The van der Waals surface area contributed by atoms with Crippen molar-refractivity contribution >= 4 is 23.2 Å². The van der Waals surface area contributed by atoms with Gasteiger partial charge in [0, 0.05) is 4.90 Å². The van der Waals surface area contributed by atoms with Gasteiger partial charge in [0.25, 0.3) is 0 Å². The fourth-order valence-electron chi connectivity index (χ4n) is 0.927. The Hall–Kier alpha value is -2.19. The molecule has 0 heterocycles. The molecule has 0 radical (unpaired) electrons. The van der Waals surface area contributed by atoms with Crippen molar-refractivity contribution in [1.82, 2.24) is 0 Å². The second-order valence-corrected chi connectivity index (χ2v) is 4.01. The minimum Gasteiger partial charge on any atom is -0.277 e. The van der Waals surface area contributed by atoms with Gasteiger partial charge in [-0.15, -0.1) is 0 Å². The van der Waals surface area contributed by atoms with Crippen molar-refractivity contribution < 1.29 is 13.2 Å². The summed E-state index contributed by atoms with van der Waals surface area (Å²) in [6.45, 7) is 0. The number of rotatable bonds is 3. The fourth-order valence-corrected chi connectivity index (χ4v) is 1.47.